The second kappa shape index (κ2) is 9.45. The molecule has 31 heavy (non-hydrogen) atoms. The fraction of sp³-hybridized carbons (Fsp3) is 0.217. The standard InChI is InChI=1S/C23H22N2O4S2/c1-4-30-17-9-7-15(8-10-17)22(26)25(14-16-6-5-13-29-16)23-24-20-18(27-2)11-12-19(28-3)21(20)31-23/h5-13H,4,14H2,1-3H3. The Morgan fingerprint density at radius 2 is 1.84 bits per heavy atom. The predicted octanol–water partition coefficient (Wildman–Crippen LogP) is 5.87. The summed E-state index contributed by atoms with van der Waals surface area (Å²) < 4.78 is 17.3. The molecule has 8 heteroatoms. The van der Waals surface area contributed by atoms with Gasteiger partial charge < -0.3 is 13.9 Å². The van der Waals surface area contributed by atoms with Gasteiger partial charge in [-0.3, -0.25) is 9.69 Å². The Kier molecular flexibility index (Phi) is 6.48. The molecule has 0 saturated heterocycles. The van der Waals surface area contributed by atoms with E-state index in [1.54, 1.807) is 43.2 Å². The maximum Gasteiger partial charge on any atom is 0.260 e. The molecule has 2 aromatic carbocycles. The summed E-state index contributed by atoms with van der Waals surface area (Å²) in [7, 11) is 3.21. The molecule has 0 spiro atoms. The van der Waals surface area contributed by atoms with Gasteiger partial charge in [-0.1, -0.05) is 18.3 Å². The summed E-state index contributed by atoms with van der Waals surface area (Å²) in [4.78, 5) is 21.0. The number of hydrogen-bond acceptors (Lipinski definition) is 7. The third-order valence-electron chi connectivity index (χ3n) is 4.68. The highest BCUT2D eigenvalue weighted by atomic mass is 32.2. The molecule has 0 radical (unpaired) electrons. The fourth-order valence-corrected chi connectivity index (χ4v) is 4.92. The van der Waals surface area contributed by atoms with Crippen LogP contribution >= 0.6 is 23.1 Å². The van der Waals surface area contributed by atoms with Crippen molar-refractivity contribution in [3.63, 3.8) is 0 Å². The van der Waals surface area contributed by atoms with Gasteiger partial charge in [-0.05, 0) is 54.3 Å². The first-order chi connectivity index (χ1) is 15.1. The molecule has 4 rings (SSSR count). The van der Waals surface area contributed by atoms with E-state index in [1.165, 1.54) is 11.3 Å². The minimum Gasteiger partial charge on any atom is -0.495 e. The molecular weight excluding hydrogens is 432 g/mol. The number of furan rings is 1. The van der Waals surface area contributed by atoms with Crippen LogP contribution in [0.1, 0.15) is 23.0 Å². The molecule has 0 N–H and O–H groups in total. The molecule has 0 aliphatic heterocycles. The number of hydrogen-bond donors (Lipinski definition) is 0. The number of rotatable bonds is 8. The molecule has 0 saturated carbocycles. The van der Waals surface area contributed by atoms with Crippen LogP contribution in [-0.4, -0.2) is 30.9 Å². The number of thioether (sulfide) groups is 1. The Morgan fingerprint density at radius 3 is 2.48 bits per heavy atom. The van der Waals surface area contributed by atoms with Crippen LogP contribution in [0.2, 0.25) is 0 Å². The summed E-state index contributed by atoms with van der Waals surface area (Å²) in [5.74, 6) is 2.81. The van der Waals surface area contributed by atoms with Crippen molar-refractivity contribution in [2.45, 2.75) is 18.4 Å². The number of methoxy groups -OCH3 is 2. The quantitative estimate of drug-likeness (QED) is 0.311. The number of ether oxygens (including phenoxy) is 2. The number of aromatic nitrogens is 1. The summed E-state index contributed by atoms with van der Waals surface area (Å²) in [6.45, 7) is 2.37. The zero-order valence-electron chi connectivity index (χ0n) is 17.5. The maximum atomic E-state index is 13.5. The second-order valence-electron chi connectivity index (χ2n) is 6.57. The van der Waals surface area contributed by atoms with Crippen LogP contribution in [0.15, 0.2) is 64.1 Å². The van der Waals surface area contributed by atoms with Crippen molar-refractivity contribution in [2.75, 3.05) is 24.9 Å². The summed E-state index contributed by atoms with van der Waals surface area (Å²) in [5.41, 5.74) is 1.25. The van der Waals surface area contributed by atoms with Crippen molar-refractivity contribution in [1.29, 1.82) is 0 Å². The van der Waals surface area contributed by atoms with Crippen molar-refractivity contribution in [1.82, 2.24) is 4.98 Å². The van der Waals surface area contributed by atoms with Crippen molar-refractivity contribution in [2.24, 2.45) is 0 Å². The maximum absolute atomic E-state index is 13.5. The first kappa shape index (κ1) is 21.3. The van der Waals surface area contributed by atoms with Crippen LogP contribution in [0, 0.1) is 0 Å². The Morgan fingerprint density at radius 1 is 1.10 bits per heavy atom. The number of nitrogens with zero attached hydrogens (tertiary/aromatic N) is 2. The number of fused-ring (bicyclic) bond motifs is 1. The minimum atomic E-state index is -0.151. The fourth-order valence-electron chi connectivity index (χ4n) is 3.19. The zero-order valence-corrected chi connectivity index (χ0v) is 19.1. The molecule has 160 valence electrons. The molecule has 4 aromatic rings. The van der Waals surface area contributed by atoms with Crippen LogP contribution < -0.4 is 14.4 Å². The van der Waals surface area contributed by atoms with Gasteiger partial charge in [0.05, 0.1) is 27.0 Å². The zero-order chi connectivity index (χ0) is 21.8. The van der Waals surface area contributed by atoms with E-state index in [0.717, 1.165) is 15.3 Å². The molecule has 0 fully saturated rings. The third kappa shape index (κ3) is 4.40. The molecule has 0 bridgehead atoms. The van der Waals surface area contributed by atoms with Crippen LogP contribution in [0.5, 0.6) is 11.5 Å². The Bertz CT molecular complexity index is 1130. The molecular formula is C23H22N2O4S2. The van der Waals surface area contributed by atoms with E-state index in [4.69, 9.17) is 18.9 Å². The number of anilines is 1. The molecule has 0 unspecified atom stereocenters. The SMILES string of the molecule is CCSc1ccc(C(=O)N(Cc2ccco2)c2nc3c(OC)ccc(OC)c3s2)cc1. The Labute approximate surface area is 188 Å². The van der Waals surface area contributed by atoms with E-state index in [-0.39, 0.29) is 12.5 Å². The normalized spacial score (nSPS) is 10.9. The minimum absolute atomic E-state index is 0.151. The summed E-state index contributed by atoms with van der Waals surface area (Å²) in [6, 6.07) is 14.9. The van der Waals surface area contributed by atoms with Crippen LogP contribution in [0.25, 0.3) is 10.2 Å². The highest BCUT2D eigenvalue weighted by molar-refractivity contribution is 7.99. The molecule has 2 heterocycles. The third-order valence-corrected chi connectivity index (χ3v) is 6.67. The van der Waals surface area contributed by atoms with E-state index in [2.05, 4.69) is 6.92 Å². The van der Waals surface area contributed by atoms with Gasteiger partial charge in [-0.25, -0.2) is 4.98 Å². The smallest absolute Gasteiger partial charge is 0.260 e. The summed E-state index contributed by atoms with van der Waals surface area (Å²) in [5, 5.41) is 0.547. The van der Waals surface area contributed by atoms with Gasteiger partial charge in [-0.2, -0.15) is 0 Å². The highest BCUT2D eigenvalue weighted by Crippen LogP contribution is 2.40. The summed E-state index contributed by atoms with van der Waals surface area (Å²) >= 11 is 3.12. The second-order valence-corrected chi connectivity index (χ2v) is 8.89. The largest absolute Gasteiger partial charge is 0.495 e. The lowest BCUT2D eigenvalue weighted by Crippen LogP contribution is -2.30. The molecule has 6 nitrogen and oxygen atoms in total. The monoisotopic (exact) mass is 454 g/mol. The predicted molar refractivity (Wildman–Crippen MR) is 125 cm³/mol. The van der Waals surface area contributed by atoms with Crippen LogP contribution in [0.3, 0.4) is 0 Å². The lowest BCUT2D eigenvalue weighted by atomic mass is 10.2. The van der Waals surface area contributed by atoms with Gasteiger partial charge in [0.25, 0.3) is 5.91 Å². The van der Waals surface area contributed by atoms with Gasteiger partial charge in [0.15, 0.2) is 5.13 Å². The lowest BCUT2D eigenvalue weighted by Gasteiger charge is -2.19. The number of carbonyl (C=O) groups excluding carboxylic acids is 1. The first-order valence-corrected chi connectivity index (χ1v) is 11.5. The number of benzene rings is 2. The van der Waals surface area contributed by atoms with E-state index in [0.29, 0.717) is 33.5 Å². The van der Waals surface area contributed by atoms with E-state index in [1.807, 2.05) is 42.5 Å². The Balaban J connectivity index is 1.77. The number of thiazole rings is 1. The van der Waals surface area contributed by atoms with Crippen molar-refractivity contribution < 1.29 is 18.7 Å². The Hall–Kier alpha value is -2.97. The van der Waals surface area contributed by atoms with Gasteiger partial charge in [-0.15, -0.1) is 11.8 Å². The molecule has 0 atom stereocenters. The van der Waals surface area contributed by atoms with E-state index >= 15 is 0 Å². The highest BCUT2D eigenvalue weighted by Gasteiger charge is 2.24. The van der Waals surface area contributed by atoms with Crippen molar-refractivity contribution in [3.8, 4) is 11.5 Å². The van der Waals surface area contributed by atoms with Crippen molar-refractivity contribution >= 4 is 44.4 Å². The van der Waals surface area contributed by atoms with Gasteiger partial charge in [0, 0.05) is 10.5 Å². The van der Waals surface area contributed by atoms with E-state index in [9.17, 15) is 4.79 Å². The topological polar surface area (TPSA) is 64.8 Å². The van der Waals surface area contributed by atoms with Gasteiger partial charge in [0.1, 0.15) is 27.5 Å². The van der Waals surface area contributed by atoms with Crippen LogP contribution in [0.4, 0.5) is 5.13 Å². The van der Waals surface area contributed by atoms with Crippen LogP contribution in [-0.2, 0) is 6.54 Å². The summed E-state index contributed by atoms with van der Waals surface area (Å²) in [6.07, 6.45) is 1.60. The lowest BCUT2D eigenvalue weighted by molar-refractivity contribution is 0.0983. The first-order valence-electron chi connectivity index (χ1n) is 9.73. The number of carbonyl (C=O) groups is 1. The average molecular weight is 455 g/mol. The average Bonchev–Trinajstić information content (AvgIpc) is 3.47. The van der Waals surface area contributed by atoms with Gasteiger partial charge >= 0.3 is 0 Å². The molecule has 2 aromatic heterocycles. The molecule has 1 amide bonds. The van der Waals surface area contributed by atoms with Crippen molar-refractivity contribution in [3.05, 3.63) is 66.1 Å². The molecule has 0 aliphatic carbocycles. The molecule has 0 aliphatic rings. The van der Waals surface area contributed by atoms with Gasteiger partial charge in [0.2, 0.25) is 0 Å². The number of amides is 1. The van der Waals surface area contributed by atoms with E-state index < -0.39 is 0 Å².